The molecule has 0 radical (unpaired) electrons. The van der Waals surface area contributed by atoms with Gasteiger partial charge in [-0.25, -0.2) is 0 Å². The maximum Gasteiger partial charge on any atom is 0.252 e. The lowest BCUT2D eigenvalue weighted by molar-refractivity contribution is 0.0939. The van der Waals surface area contributed by atoms with Crippen molar-refractivity contribution in [2.24, 2.45) is 0 Å². The van der Waals surface area contributed by atoms with Crippen LogP contribution in [0.2, 0.25) is 0 Å². The molecule has 0 spiro atoms. The third-order valence-corrected chi connectivity index (χ3v) is 4.52. The number of nitrogen functional groups attached to an aromatic ring is 1. The maximum atomic E-state index is 12.2. The monoisotopic (exact) mass is 338 g/mol. The molecule has 0 fully saturated rings. The van der Waals surface area contributed by atoms with Crippen LogP contribution in [-0.4, -0.2) is 11.9 Å². The van der Waals surface area contributed by atoms with Crippen LogP contribution in [0.5, 0.6) is 0 Å². The molecule has 1 amide bonds. The summed E-state index contributed by atoms with van der Waals surface area (Å²) in [6, 6.07) is 9.47. The minimum atomic E-state index is -0.108. The van der Waals surface area contributed by atoms with E-state index in [1.807, 2.05) is 18.4 Å². The zero-order valence-electron chi connectivity index (χ0n) is 10.5. The number of carbonyl (C=O) groups excluding carboxylic acids is 1. The second-order valence-corrected chi connectivity index (χ2v) is 6.19. The molecule has 100 valence electrons. The van der Waals surface area contributed by atoms with Gasteiger partial charge in [-0.3, -0.25) is 4.79 Å². The number of hydrogen-bond acceptors (Lipinski definition) is 3. The normalized spacial score (nSPS) is 12.1. The molecule has 19 heavy (non-hydrogen) atoms. The number of anilines is 1. The topological polar surface area (TPSA) is 55.1 Å². The van der Waals surface area contributed by atoms with Crippen LogP contribution in [0.15, 0.2) is 40.2 Å². The summed E-state index contributed by atoms with van der Waals surface area (Å²) in [4.78, 5) is 13.4. The third kappa shape index (κ3) is 3.58. The molecule has 0 saturated carbocycles. The van der Waals surface area contributed by atoms with Crippen molar-refractivity contribution in [3.63, 3.8) is 0 Å². The molecule has 5 heteroatoms. The predicted octanol–water partition coefficient (Wildman–Crippen LogP) is 3.45. The fourth-order valence-electron chi connectivity index (χ4n) is 1.81. The van der Waals surface area contributed by atoms with Crippen molar-refractivity contribution in [2.75, 3.05) is 5.73 Å². The van der Waals surface area contributed by atoms with Gasteiger partial charge in [0.05, 0.1) is 10.0 Å². The third-order valence-electron chi connectivity index (χ3n) is 2.74. The van der Waals surface area contributed by atoms with E-state index < -0.39 is 0 Å². The minimum absolute atomic E-state index is 0.0829. The van der Waals surface area contributed by atoms with Crippen molar-refractivity contribution < 1.29 is 4.79 Å². The summed E-state index contributed by atoms with van der Waals surface area (Å²) in [7, 11) is 0. The highest BCUT2D eigenvalue weighted by atomic mass is 79.9. The van der Waals surface area contributed by atoms with Crippen molar-refractivity contribution in [2.45, 2.75) is 19.4 Å². The van der Waals surface area contributed by atoms with E-state index in [0.29, 0.717) is 15.7 Å². The standard InChI is InChI=1S/C14H15BrN2OS/c1-9(8-10-4-3-7-19-10)17-14(18)11-5-2-6-12(16)13(11)15/h2-7,9H,8,16H2,1H3,(H,17,18). The van der Waals surface area contributed by atoms with Crippen molar-refractivity contribution >= 4 is 38.9 Å². The summed E-state index contributed by atoms with van der Waals surface area (Å²) < 4.78 is 0.649. The van der Waals surface area contributed by atoms with Crippen LogP contribution in [0.1, 0.15) is 22.2 Å². The van der Waals surface area contributed by atoms with E-state index in [4.69, 9.17) is 5.73 Å². The van der Waals surface area contributed by atoms with Crippen LogP contribution in [0, 0.1) is 0 Å². The van der Waals surface area contributed by atoms with E-state index in [1.165, 1.54) is 4.88 Å². The van der Waals surface area contributed by atoms with Crippen LogP contribution in [0.25, 0.3) is 0 Å². The molecular weight excluding hydrogens is 324 g/mol. The van der Waals surface area contributed by atoms with Gasteiger partial charge in [0.1, 0.15) is 0 Å². The van der Waals surface area contributed by atoms with Gasteiger partial charge in [0.2, 0.25) is 0 Å². The molecule has 2 aromatic rings. The molecule has 2 rings (SSSR count). The highest BCUT2D eigenvalue weighted by Gasteiger charge is 2.14. The second-order valence-electron chi connectivity index (χ2n) is 4.37. The summed E-state index contributed by atoms with van der Waals surface area (Å²) in [6.45, 7) is 2.00. The molecule has 1 unspecified atom stereocenters. The summed E-state index contributed by atoms with van der Waals surface area (Å²) in [5.74, 6) is -0.108. The smallest absolute Gasteiger partial charge is 0.252 e. The predicted molar refractivity (Wildman–Crippen MR) is 83.5 cm³/mol. The first kappa shape index (κ1) is 14.1. The average molecular weight is 339 g/mol. The highest BCUT2D eigenvalue weighted by molar-refractivity contribution is 9.10. The fraction of sp³-hybridized carbons (Fsp3) is 0.214. The van der Waals surface area contributed by atoms with Crippen molar-refractivity contribution in [3.8, 4) is 0 Å². The zero-order chi connectivity index (χ0) is 13.8. The molecule has 0 saturated heterocycles. The van der Waals surface area contributed by atoms with E-state index in [2.05, 4.69) is 27.3 Å². The van der Waals surface area contributed by atoms with Gasteiger partial charge in [0.15, 0.2) is 0 Å². The van der Waals surface area contributed by atoms with Crippen LogP contribution >= 0.6 is 27.3 Å². The first-order valence-electron chi connectivity index (χ1n) is 5.95. The van der Waals surface area contributed by atoms with E-state index >= 15 is 0 Å². The van der Waals surface area contributed by atoms with Gasteiger partial charge < -0.3 is 11.1 Å². The van der Waals surface area contributed by atoms with E-state index in [0.717, 1.165) is 6.42 Å². The first-order chi connectivity index (χ1) is 9.08. The Balaban J connectivity index is 2.02. The van der Waals surface area contributed by atoms with Gasteiger partial charge in [0, 0.05) is 23.0 Å². The Morgan fingerprint density at radius 3 is 2.89 bits per heavy atom. The number of nitrogens with one attached hydrogen (secondary N) is 1. The number of halogens is 1. The Bertz CT molecular complexity index is 569. The molecular formula is C14H15BrN2OS. The summed E-state index contributed by atoms with van der Waals surface area (Å²) in [5.41, 5.74) is 6.91. The van der Waals surface area contributed by atoms with Crippen molar-refractivity contribution in [1.82, 2.24) is 5.32 Å². The molecule has 1 heterocycles. The molecule has 0 bridgehead atoms. The lowest BCUT2D eigenvalue weighted by Gasteiger charge is -2.14. The quantitative estimate of drug-likeness (QED) is 0.839. The summed E-state index contributed by atoms with van der Waals surface area (Å²) in [5, 5.41) is 5.02. The van der Waals surface area contributed by atoms with Crippen LogP contribution in [0.3, 0.4) is 0 Å². The average Bonchev–Trinajstić information content (AvgIpc) is 2.85. The largest absolute Gasteiger partial charge is 0.398 e. The second kappa shape index (κ2) is 6.21. The van der Waals surface area contributed by atoms with Crippen LogP contribution < -0.4 is 11.1 Å². The van der Waals surface area contributed by atoms with Crippen molar-refractivity contribution in [3.05, 3.63) is 50.6 Å². The van der Waals surface area contributed by atoms with Gasteiger partial charge in [-0.15, -0.1) is 11.3 Å². The van der Waals surface area contributed by atoms with Gasteiger partial charge in [-0.05, 0) is 46.4 Å². The van der Waals surface area contributed by atoms with Gasteiger partial charge in [-0.1, -0.05) is 12.1 Å². The zero-order valence-corrected chi connectivity index (χ0v) is 12.9. The van der Waals surface area contributed by atoms with Crippen LogP contribution in [-0.2, 0) is 6.42 Å². The van der Waals surface area contributed by atoms with E-state index in [9.17, 15) is 4.79 Å². The molecule has 0 aliphatic carbocycles. The first-order valence-corrected chi connectivity index (χ1v) is 7.62. The molecule has 0 aliphatic rings. The van der Waals surface area contributed by atoms with Gasteiger partial charge in [0.25, 0.3) is 5.91 Å². The number of thiophene rings is 1. The Kier molecular flexibility index (Phi) is 4.61. The maximum absolute atomic E-state index is 12.2. The number of rotatable bonds is 4. The van der Waals surface area contributed by atoms with Gasteiger partial charge in [-0.2, -0.15) is 0 Å². The number of benzene rings is 1. The molecule has 3 N–H and O–H groups in total. The SMILES string of the molecule is CC(Cc1cccs1)NC(=O)c1cccc(N)c1Br. The molecule has 1 aromatic heterocycles. The number of hydrogen-bond donors (Lipinski definition) is 2. The molecule has 0 aliphatic heterocycles. The number of carbonyl (C=O) groups is 1. The van der Waals surface area contributed by atoms with Crippen LogP contribution in [0.4, 0.5) is 5.69 Å². The Labute approximate surface area is 125 Å². The Morgan fingerprint density at radius 2 is 2.21 bits per heavy atom. The number of nitrogens with two attached hydrogens (primary N) is 1. The fourth-order valence-corrected chi connectivity index (χ4v) is 3.09. The molecule has 1 aromatic carbocycles. The lowest BCUT2D eigenvalue weighted by atomic mass is 10.1. The van der Waals surface area contributed by atoms with E-state index in [-0.39, 0.29) is 11.9 Å². The minimum Gasteiger partial charge on any atom is -0.398 e. The van der Waals surface area contributed by atoms with E-state index in [1.54, 1.807) is 29.5 Å². The Morgan fingerprint density at radius 1 is 1.42 bits per heavy atom. The summed E-state index contributed by atoms with van der Waals surface area (Å²) >= 11 is 5.05. The highest BCUT2D eigenvalue weighted by Crippen LogP contribution is 2.23. The Hall–Kier alpha value is -1.33. The van der Waals surface area contributed by atoms with Gasteiger partial charge >= 0.3 is 0 Å². The lowest BCUT2D eigenvalue weighted by Crippen LogP contribution is -2.34. The molecule has 1 atom stereocenters. The number of amides is 1. The van der Waals surface area contributed by atoms with Crippen molar-refractivity contribution in [1.29, 1.82) is 0 Å². The summed E-state index contributed by atoms with van der Waals surface area (Å²) in [6.07, 6.45) is 0.837. The molecule has 3 nitrogen and oxygen atoms in total.